The van der Waals surface area contributed by atoms with E-state index >= 15 is 0 Å². The monoisotopic (exact) mass is 560 g/mol. The van der Waals surface area contributed by atoms with Gasteiger partial charge in [-0.1, -0.05) is 36.4 Å². The molecule has 39 heavy (non-hydrogen) atoms. The molecule has 1 aromatic heterocycles. The summed E-state index contributed by atoms with van der Waals surface area (Å²) in [5.41, 5.74) is 2.22. The van der Waals surface area contributed by atoms with Crippen molar-refractivity contribution in [3.05, 3.63) is 113 Å². The first-order valence-electron chi connectivity index (χ1n) is 11.9. The molecular weight excluding hydrogens is 535 g/mol. The van der Waals surface area contributed by atoms with Crippen LogP contribution in [0.15, 0.2) is 94.8 Å². The van der Waals surface area contributed by atoms with E-state index in [1.54, 1.807) is 55.5 Å². The maximum atomic E-state index is 13.4. The third kappa shape index (κ3) is 8.10. The molecule has 0 fully saturated rings. The Hall–Kier alpha value is -4.28. The molecule has 3 N–H and O–H groups in total. The Morgan fingerprint density at radius 2 is 1.72 bits per heavy atom. The van der Waals surface area contributed by atoms with Gasteiger partial charge in [0.25, 0.3) is 11.8 Å². The van der Waals surface area contributed by atoms with Crippen LogP contribution in [0.4, 0.5) is 15.2 Å². The van der Waals surface area contributed by atoms with Crippen molar-refractivity contribution in [2.75, 3.05) is 10.6 Å². The zero-order valence-corrected chi connectivity index (χ0v) is 22.7. The van der Waals surface area contributed by atoms with Crippen LogP contribution in [0.25, 0.3) is 6.08 Å². The molecule has 3 amide bonds. The Labute approximate surface area is 233 Å². The minimum Gasteiger partial charge on any atom is -0.321 e. The van der Waals surface area contributed by atoms with Crippen LogP contribution < -0.4 is 16.0 Å². The highest BCUT2D eigenvalue weighted by molar-refractivity contribution is 8.00. The third-order valence-electron chi connectivity index (χ3n) is 5.33. The van der Waals surface area contributed by atoms with E-state index in [1.165, 1.54) is 53.4 Å². The lowest BCUT2D eigenvalue weighted by molar-refractivity contribution is -0.115. The molecule has 4 aromatic rings. The number of hydrogen-bond donors (Lipinski definition) is 3. The van der Waals surface area contributed by atoms with E-state index in [2.05, 4.69) is 20.9 Å². The van der Waals surface area contributed by atoms with E-state index in [0.717, 1.165) is 10.6 Å². The Balaban J connectivity index is 1.48. The molecule has 0 radical (unpaired) electrons. The van der Waals surface area contributed by atoms with Crippen molar-refractivity contribution in [1.82, 2.24) is 10.3 Å². The van der Waals surface area contributed by atoms with Crippen LogP contribution in [0.1, 0.15) is 28.5 Å². The number of carbonyl (C=O) groups is 3. The first-order valence-corrected chi connectivity index (χ1v) is 13.7. The summed E-state index contributed by atoms with van der Waals surface area (Å²) < 4.78 is 13.4. The molecule has 0 bridgehead atoms. The van der Waals surface area contributed by atoms with Crippen LogP contribution in [0.5, 0.6) is 0 Å². The predicted octanol–water partition coefficient (Wildman–Crippen LogP) is 6.12. The van der Waals surface area contributed by atoms with Gasteiger partial charge in [-0.05, 0) is 68.0 Å². The van der Waals surface area contributed by atoms with Crippen molar-refractivity contribution < 1.29 is 18.8 Å². The molecule has 7 nitrogen and oxygen atoms in total. The molecule has 0 aliphatic rings. The number of halogens is 1. The second-order valence-corrected chi connectivity index (χ2v) is 10.7. The summed E-state index contributed by atoms with van der Waals surface area (Å²) in [4.78, 5) is 43.7. The molecule has 3 aromatic carbocycles. The second-order valence-electron chi connectivity index (χ2n) is 8.46. The fourth-order valence-corrected chi connectivity index (χ4v) is 5.01. The SMILES string of the molecule is Cc1csc(NC(=O)C(C)Sc2cccc(NC(=O)/C(=C/c3ccc(F)cc3)NC(=O)c3ccccc3)c2)n1. The van der Waals surface area contributed by atoms with E-state index in [4.69, 9.17) is 0 Å². The molecule has 0 aliphatic heterocycles. The molecule has 0 saturated heterocycles. The fourth-order valence-electron chi connectivity index (χ4n) is 3.39. The molecular formula is C29H25FN4O3S2. The van der Waals surface area contributed by atoms with Crippen molar-refractivity contribution in [3.63, 3.8) is 0 Å². The number of nitrogens with zero attached hydrogens (tertiary/aromatic N) is 1. The number of amides is 3. The van der Waals surface area contributed by atoms with Gasteiger partial charge in [-0.2, -0.15) is 0 Å². The smallest absolute Gasteiger partial charge is 0.272 e. The molecule has 1 atom stereocenters. The van der Waals surface area contributed by atoms with Gasteiger partial charge in [0.15, 0.2) is 5.13 Å². The number of aryl methyl sites for hydroxylation is 1. The Morgan fingerprint density at radius 3 is 2.41 bits per heavy atom. The number of aromatic nitrogens is 1. The van der Waals surface area contributed by atoms with E-state index in [0.29, 0.717) is 21.9 Å². The van der Waals surface area contributed by atoms with Crippen LogP contribution in [0.2, 0.25) is 0 Å². The van der Waals surface area contributed by atoms with Crippen molar-refractivity contribution in [1.29, 1.82) is 0 Å². The highest BCUT2D eigenvalue weighted by Crippen LogP contribution is 2.27. The maximum absolute atomic E-state index is 13.4. The number of thiazole rings is 1. The van der Waals surface area contributed by atoms with Gasteiger partial charge in [0.2, 0.25) is 5.91 Å². The molecule has 0 aliphatic carbocycles. The standard InChI is InChI=1S/C29H25FN4O3S2/c1-18-17-38-29(31-18)34-26(35)19(2)39-24-10-6-9-23(16-24)32-28(37)25(15-20-11-13-22(30)14-12-20)33-27(36)21-7-4-3-5-8-21/h3-17,19H,1-2H3,(H,32,37)(H,33,36)(H,31,34,35)/b25-15-. The molecule has 0 spiro atoms. The average molecular weight is 561 g/mol. The summed E-state index contributed by atoms with van der Waals surface area (Å²) in [6.45, 7) is 3.64. The normalized spacial score (nSPS) is 11.9. The number of hydrogen-bond acceptors (Lipinski definition) is 6. The zero-order chi connectivity index (χ0) is 27.8. The van der Waals surface area contributed by atoms with E-state index < -0.39 is 22.9 Å². The van der Waals surface area contributed by atoms with Crippen molar-refractivity contribution in [2.45, 2.75) is 24.0 Å². The Morgan fingerprint density at radius 1 is 0.974 bits per heavy atom. The first kappa shape index (κ1) is 27.7. The number of rotatable bonds is 9. The van der Waals surface area contributed by atoms with Gasteiger partial charge in [0, 0.05) is 21.5 Å². The largest absolute Gasteiger partial charge is 0.321 e. The Kier molecular flexibility index (Phi) is 9.24. The minimum atomic E-state index is -0.560. The van der Waals surface area contributed by atoms with E-state index in [9.17, 15) is 18.8 Å². The van der Waals surface area contributed by atoms with Gasteiger partial charge in [-0.15, -0.1) is 23.1 Å². The molecule has 1 heterocycles. The third-order valence-corrected chi connectivity index (χ3v) is 7.30. The predicted molar refractivity (Wildman–Crippen MR) is 154 cm³/mol. The topological polar surface area (TPSA) is 100 Å². The Bertz CT molecular complexity index is 1500. The lowest BCUT2D eigenvalue weighted by atomic mass is 10.1. The summed E-state index contributed by atoms with van der Waals surface area (Å²) >= 11 is 2.70. The molecule has 1 unspecified atom stereocenters. The quantitative estimate of drug-likeness (QED) is 0.169. The first-order chi connectivity index (χ1) is 18.8. The molecule has 198 valence electrons. The van der Waals surface area contributed by atoms with Crippen molar-refractivity contribution in [2.24, 2.45) is 0 Å². The molecule has 0 saturated carbocycles. The minimum absolute atomic E-state index is 0.0139. The van der Waals surface area contributed by atoms with Crippen LogP contribution in [0, 0.1) is 12.7 Å². The van der Waals surface area contributed by atoms with Crippen LogP contribution in [-0.2, 0) is 9.59 Å². The number of benzene rings is 3. The number of anilines is 2. The van der Waals surface area contributed by atoms with Gasteiger partial charge in [-0.25, -0.2) is 9.37 Å². The summed E-state index contributed by atoms with van der Waals surface area (Å²) in [6, 6.07) is 21.1. The van der Waals surface area contributed by atoms with E-state index in [-0.39, 0.29) is 11.6 Å². The highest BCUT2D eigenvalue weighted by Gasteiger charge is 2.18. The van der Waals surface area contributed by atoms with Crippen LogP contribution in [0.3, 0.4) is 0 Å². The molecule has 10 heteroatoms. The highest BCUT2D eigenvalue weighted by atomic mass is 32.2. The summed E-state index contributed by atoms with van der Waals surface area (Å²) in [6.07, 6.45) is 1.47. The van der Waals surface area contributed by atoms with Crippen molar-refractivity contribution in [3.8, 4) is 0 Å². The summed E-state index contributed by atoms with van der Waals surface area (Å²) in [5.74, 6) is -1.61. The van der Waals surface area contributed by atoms with Gasteiger partial charge in [-0.3, -0.25) is 14.4 Å². The fraction of sp³-hybridized carbons (Fsp3) is 0.103. The van der Waals surface area contributed by atoms with Gasteiger partial charge in [0.05, 0.1) is 10.9 Å². The maximum Gasteiger partial charge on any atom is 0.272 e. The summed E-state index contributed by atoms with van der Waals surface area (Å²) in [7, 11) is 0. The van der Waals surface area contributed by atoms with Crippen LogP contribution >= 0.6 is 23.1 Å². The van der Waals surface area contributed by atoms with Gasteiger partial charge in [0.1, 0.15) is 11.5 Å². The van der Waals surface area contributed by atoms with Gasteiger partial charge < -0.3 is 16.0 Å². The van der Waals surface area contributed by atoms with Gasteiger partial charge >= 0.3 is 0 Å². The van der Waals surface area contributed by atoms with Crippen LogP contribution in [-0.4, -0.2) is 28.0 Å². The van der Waals surface area contributed by atoms with E-state index in [1.807, 2.05) is 18.4 Å². The molecule has 4 rings (SSSR count). The second kappa shape index (κ2) is 13.0. The average Bonchev–Trinajstić information content (AvgIpc) is 3.34. The summed E-state index contributed by atoms with van der Waals surface area (Å²) in [5, 5.41) is 10.3. The number of carbonyl (C=O) groups excluding carboxylic acids is 3. The number of nitrogens with one attached hydrogen (secondary N) is 3. The lowest BCUT2D eigenvalue weighted by Gasteiger charge is -2.13. The number of thioether (sulfide) groups is 1. The zero-order valence-electron chi connectivity index (χ0n) is 21.1. The van der Waals surface area contributed by atoms with Crippen molar-refractivity contribution >= 4 is 57.7 Å². The lowest BCUT2D eigenvalue weighted by Crippen LogP contribution is -2.30.